The second kappa shape index (κ2) is 27.3. The average Bonchev–Trinajstić information content (AvgIpc) is 3.69. The molecule has 0 spiro atoms. The number of nitrogens with zero attached hydrogens (tertiary/aromatic N) is 6. The van der Waals surface area contributed by atoms with Crippen LogP contribution in [0.1, 0.15) is 55.8 Å². The highest BCUT2D eigenvalue weighted by Gasteiger charge is 2.18. The summed E-state index contributed by atoms with van der Waals surface area (Å²) >= 11 is 25.7. The first-order chi connectivity index (χ1) is 41.8. The van der Waals surface area contributed by atoms with E-state index < -0.39 is 0 Å². The number of aromatic nitrogens is 3. The molecule has 0 bridgehead atoms. The van der Waals surface area contributed by atoms with E-state index in [4.69, 9.17) is 46.4 Å². The van der Waals surface area contributed by atoms with Crippen molar-refractivity contribution in [2.75, 3.05) is 16.0 Å². The van der Waals surface area contributed by atoms with Gasteiger partial charge in [0.15, 0.2) is 0 Å². The maximum absolute atomic E-state index is 9.62. The van der Waals surface area contributed by atoms with Crippen molar-refractivity contribution in [2.24, 2.45) is 15.5 Å². The minimum atomic E-state index is 0.434. The highest BCUT2D eigenvalue weighted by atomic mass is 35.5. The Morgan fingerprint density at radius 3 is 1.37 bits per heavy atom. The van der Waals surface area contributed by atoms with Crippen LogP contribution in [0, 0.1) is 27.7 Å². The molecule has 0 atom stereocenters. The number of pyridine rings is 3. The van der Waals surface area contributed by atoms with E-state index in [-0.39, 0.29) is 0 Å². The van der Waals surface area contributed by atoms with E-state index in [0.717, 1.165) is 106 Å². The molecular formula is C70H55Cl4N9O3. The van der Waals surface area contributed by atoms with Crippen molar-refractivity contribution in [2.45, 2.75) is 27.7 Å². The van der Waals surface area contributed by atoms with Gasteiger partial charge in [0.25, 0.3) is 0 Å². The monoisotopic (exact) mass is 1210 g/mol. The van der Waals surface area contributed by atoms with Crippen molar-refractivity contribution >= 4 is 131 Å². The van der Waals surface area contributed by atoms with Crippen LogP contribution in [-0.2, 0) is 0 Å². The predicted molar refractivity (Wildman–Crippen MR) is 355 cm³/mol. The van der Waals surface area contributed by atoms with Crippen LogP contribution in [-0.4, -0.2) is 47.7 Å². The van der Waals surface area contributed by atoms with Gasteiger partial charge in [-0.15, -0.1) is 0 Å². The third kappa shape index (κ3) is 13.9. The van der Waals surface area contributed by atoms with Gasteiger partial charge < -0.3 is 31.6 Å². The van der Waals surface area contributed by atoms with E-state index >= 15 is 0 Å². The van der Waals surface area contributed by atoms with E-state index in [1.165, 1.54) is 0 Å². The molecule has 16 heteroatoms. The SMILES string of the molecule is Cc1ccc2cc(Nc3ccc(C(=NO)c4ccccc4C)c(Cl)c3)ccc2n1.Cc1ccccc1C(=NO)c1ccc(Nc2ccc3ccccc3n2)cc1Cl.Cc1ccccc1C(=NO)c1ccc(Nc2ccnc3cc(Cl)ccc23)cc1Cl. The molecule has 0 unspecified atom stereocenters. The average molecular weight is 1210 g/mol. The number of para-hydroxylation sites is 1. The molecule has 9 aromatic carbocycles. The van der Waals surface area contributed by atoms with Gasteiger partial charge in [0.1, 0.15) is 23.0 Å². The summed E-state index contributed by atoms with van der Waals surface area (Å²) in [4.78, 5) is 13.5. The zero-order valence-corrected chi connectivity index (χ0v) is 49.9. The highest BCUT2D eigenvalue weighted by molar-refractivity contribution is 6.37. The lowest BCUT2D eigenvalue weighted by atomic mass is 9.98. The molecule has 0 aliphatic carbocycles. The highest BCUT2D eigenvalue weighted by Crippen LogP contribution is 2.33. The molecule has 12 rings (SSSR count). The molecule has 0 radical (unpaired) electrons. The number of halogens is 4. The number of fused-ring (bicyclic) bond motifs is 3. The summed E-state index contributed by atoms with van der Waals surface area (Å²) < 4.78 is 0. The Balaban J connectivity index is 0.000000143. The lowest BCUT2D eigenvalue weighted by Crippen LogP contribution is -2.06. The van der Waals surface area contributed by atoms with Crippen LogP contribution in [0.4, 0.5) is 34.3 Å². The van der Waals surface area contributed by atoms with Crippen molar-refractivity contribution < 1.29 is 15.6 Å². The molecular weight excluding hydrogens is 1160 g/mol. The first-order valence-corrected chi connectivity index (χ1v) is 28.6. The fourth-order valence-corrected chi connectivity index (χ4v) is 10.7. The largest absolute Gasteiger partial charge is 0.410 e. The zero-order chi connectivity index (χ0) is 60.3. The Hall–Kier alpha value is -9.82. The Labute approximate surface area is 517 Å². The molecule has 426 valence electrons. The van der Waals surface area contributed by atoms with Gasteiger partial charge in [-0.1, -0.05) is 159 Å². The molecule has 6 N–H and O–H groups in total. The number of benzene rings is 9. The first kappa shape index (κ1) is 59.3. The molecule has 86 heavy (non-hydrogen) atoms. The van der Waals surface area contributed by atoms with E-state index in [2.05, 4.69) is 58.5 Å². The van der Waals surface area contributed by atoms with E-state index in [1.807, 2.05) is 228 Å². The number of oxime groups is 3. The van der Waals surface area contributed by atoms with Crippen LogP contribution in [0.15, 0.2) is 240 Å². The fraction of sp³-hybridized carbons (Fsp3) is 0.0571. The van der Waals surface area contributed by atoms with Gasteiger partial charge in [-0.2, -0.15) is 0 Å². The summed E-state index contributed by atoms with van der Waals surface area (Å²) in [6.45, 7) is 7.89. The second-order valence-corrected chi connectivity index (χ2v) is 21.7. The second-order valence-electron chi connectivity index (χ2n) is 20.0. The molecule has 3 heterocycles. The van der Waals surface area contributed by atoms with Crippen molar-refractivity contribution in [3.8, 4) is 0 Å². The summed E-state index contributed by atoms with van der Waals surface area (Å²) in [6.07, 6.45) is 1.73. The van der Waals surface area contributed by atoms with Crippen molar-refractivity contribution in [3.63, 3.8) is 0 Å². The van der Waals surface area contributed by atoms with Gasteiger partial charge in [0, 0.05) is 94.9 Å². The lowest BCUT2D eigenvalue weighted by molar-refractivity contribution is 0.319. The van der Waals surface area contributed by atoms with Gasteiger partial charge in [-0.3, -0.25) is 9.97 Å². The van der Waals surface area contributed by atoms with Crippen LogP contribution in [0.5, 0.6) is 0 Å². The summed E-state index contributed by atoms with van der Waals surface area (Å²) in [5.41, 5.74) is 16.8. The van der Waals surface area contributed by atoms with Crippen LogP contribution >= 0.6 is 46.4 Å². The third-order valence-electron chi connectivity index (χ3n) is 14.1. The lowest BCUT2D eigenvalue weighted by Gasteiger charge is -2.13. The maximum atomic E-state index is 9.62. The number of nitrogens with one attached hydrogen (secondary N) is 3. The molecule has 0 fully saturated rings. The van der Waals surface area contributed by atoms with Crippen LogP contribution in [0.25, 0.3) is 32.7 Å². The summed E-state index contributed by atoms with van der Waals surface area (Å²) in [5.74, 6) is 0.734. The van der Waals surface area contributed by atoms with Gasteiger partial charge >= 0.3 is 0 Å². The van der Waals surface area contributed by atoms with Gasteiger partial charge in [0.2, 0.25) is 0 Å². The molecule has 0 amide bonds. The number of aryl methyl sites for hydroxylation is 4. The Kier molecular flexibility index (Phi) is 18.8. The van der Waals surface area contributed by atoms with Crippen LogP contribution in [0.3, 0.4) is 0 Å². The molecule has 3 aromatic heterocycles. The topological polar surface area (TPSA) is 173 Å². The number of hydrogen-bond acceptors (Lipinski definition) is 12. The Morgan fingerprint density at radius 1 is 0.372 bits per heavy atom. The molecule has 0 aliphatic heterocycles. The van der Waals surface area contributed by atoms with Crippen molar-refractivity contribution in [1.29, 1.82) is 0 Å². The predicted octanol–water partition coefficient (Wildman–Crippen LogP) is 19.5. The van der Waals surface area contributed by atoms with Gasteiger partial charge in [-0.25, -0.2) is 4.98 Å². The van der Waals surface area contributed by atoms with Gasteiger partial charge in [0.05, 0.1) is 31.6 Å². The fourth-order valence-electron chi connectivity index (χ4n) is 9.77. The van der Waals surface area contributed by atoms with Crippen molar-refractivity contribution in [3.05, 3.63) is 300 Å². The van der Waals surface area contributed by atoms with E-state index in [0.29, 0.717) is 53.9 Å². The standard InChI is InChI=1S/C24H20ClN3O.C23H17Cl2N3O.C23H18ClN3O/c1-15-5-3-4-6-20(15)24(28-29)21-11-9-19(14-22(21)25)27-18-10-12-23-17(13-18)8-7-16(2)26-23;1-14-4-2-3-5-17(14)23(28-29)18-9-7-16(13-20(18)25)27-21-10-11-26-22-12-15(24)6-8-19(21)22;1-15-6-2-4-8-18(15)23(27-28)19-12-11-17(14-20(19)24)25-22-13-10-16-7-3-5-9-21(16)26-22/h3-14,27,29H,1-2H3;2-13,29H,1H3,(H,26,27);2-14,28H,1H3,(H,25,26). The van der Waals surface area contributed by atoms with Gasteiger partial charge in [-0.05, 0) is 166 Å². The molecule has 12 aromatic rings. The Bertz CT molecular complexity index is 4570. The zero-order valence-electron chi connectivity index (χ0n) is 46.9. The summed E-state index contributed by atoms with van der Waals surface area (Å²) in [5, 5.41) is 54.6. The minimum Gasteiger partial charge on any atom is -0.410 e. The van der Waals surface area contributed by atoms with E-state index in [9.17, 15) is 15.6 Å². The number of anilines is 6. The minimum absolute atomic E-state index is 0.434. The molecule has 12 nitrogen and oxygen atoms in total. The smallest absolute Gasteiger partial charge is 0.131 e. The summed E-state index contributed by atoms with van der Waals surface area (Å²) in [7, 11) is 0. The first-order valence-electron chi connectivity index (χ1n) is 27.1. The van der Waals surface area contributed by atoms with Crippen LogP contribution < -0.4 is 16.0 Å². The van der Waals surface area contributed by atoms with E-state index in [1.54, 1.807) is 12.3 Å². The quantitative estimate of drug-likeness (QED) is 0.0396. The Morgan fingerprint density at radius 2 is 0.837 bits per heavy atom. The summed E-state index contributed by atoms with van der Waals surface area (Å²) in [6, 6.07) is 69.4. The maximum Gasteiger partial charge on any atom is 0.131 e. The molecule has 0 saturated heterocycles. The van der Waals surface area contributed by atoms with Crippen LogP contribution in [0.2, 0.25) is 20.1 Å². The molecule has 0 aliphatic rings. The molecule has 0 saturated carbocycles. The normalized spacial score (nSPS) is 11.6. The number of rotatable bonds is 12. The third-order valence-corrected chi connectivity index (χ3v) is 15.3. The van der Waals surface area contributed by atoms with Crippen molar-refractivity contribution in [1.82, 2.24) is 15.0 Å². The number of hydrogen-bond donors (Lipinski definition) is 6.